The van der Waals surface area contributed by atoms with Crippen LogP contribution >= 0.6 is 11.3 Å². The lowest BCUT2D eigenvalue weighted by Gasteiger charge is -2.06. The SMILES string of the molecule is Cc1ccccc1-c1nnc(-c2ccc(C(=O)OCC(=O)Nc3sccc3C(N)=O)cc2)o1. The van der Waals surface area contributed by atoms with Crippen LogP contribution in [-0.2, 0) is 9.53 Å². The first-order valence-electron chi connectivity index (χ1n) is 9.76. The summed E-state index contributed by atoms with van der Waals surface area (Å²) >= 11 is 1.14. The summed E-state index contributed by atoms with van der Waals surface area (Å²) in [5, 5.41) is 12.6. The number of hydrogen-bond acceptors (Lipinski definition) is 8. The van der Waals surface area contributed by atoms with E-state index in [2.05, 4.69) is 15.5 Å². The van der Waals surface area contributed by atoms with Gasteiger partial charge in [0.2, 0.25) is 11.8 Å². The fourth-order valence-electron chi connectivity index (χ4n) is 2.99. The predicted octanol–water partition coefficient (Wildman–Crippen LogP) is 3.67. The third kappa shape index (κ3) is 4.96. The molecule has 0 fully saturated rings. The second-order valence-electron chi connectivity index (χ2n) is 6.96. The van der Waals surface area contributed by atoms with Gasteiger partial charge in [0, 0.05) is 11.1 Å². The van der Waals surface area contributed by atoms with E-state index in [1.54, 1.807) is 17.5 Å². The third-order valence-corrected chi connectivity index (χ3v) is 5.52. The summed E-state index contributed by atoms with van der Waals surface area (Å²) in [7, 11) is 0. The van der Waals surface area contributed by atoms with Gasteiger partial charge in [-0.25, -0.2) is 4.79 Å². The Morgan fingerprint density at radius 1 is 1.03 bits per heavy atom. The number of primary amides is 1. The van der Waals surface area contributed by atoms with Crippen LogP contribution in [0.5, 0.6) is 0 Å². The van der Waals surface area contributed by atoms with E-state index in [9.17, 15) is 14.4 Å². The van der Waals surface area contributed by atoms with Crippen LogP contribution in [0.2, 0.25) is 0 Å². The number of nitrogens with one attached hydrogen (secondary N) is 1. The van der Waals surface area contributed by atoms with Crippen molar-refractivity contribution in [1.29, 1.82) is 0 Å². The lowest BCUT2D eigenvalue weighted by molar-refractivity contribution is -0.119. The van der Waals surface area contributed by atoms with Crippen molar-refractivity contribution in [3.63, 3.8) is 0 Å². The molecule has 166 valence electrons. The number of amides is 2. The van der Waals surface area contributed by atoms with Crippen LogP contribution in [-0.4, -0.2) is 34.6 Å². The van der Waals surface area contributed by atoms with E-state index in [-0.39, 0.29) is 11.1 Å². The van der Waals surface area contributed by atoms with Crippen molar-refractivity contribution >= 4 is 34.1 Å². The van der Waals surface area contributed by atoms with Gasteiger partial charge in [-0.15, -0.1) is 21.5 Å². The first-order chi connectivity index (χ1) is 15.9. The largest absolute Gasteiger partial charge is 0.452 e. The molecule has 9 nitrogen and oxygen atoms in total. The number of aromatic nitrogens is 2. The zero-order valence-electron chi connectivity index (χ0n) is 17.4. The smallest absolute Gasteiger partial charge is 0.338 e. The van der Waals surface area contributed by atoms with Crippen molar-refractivity contribution in [3.8, 4) is 22.9 Å². The van der Waals surface area contributed by atoms with E-state index in [1.165, 1.54) is 18.2 Å². The number of carbonyl (C=O) groups is 3. The van der Waals surface area contributed by atoms with Gasteiger partial charge in [0.1, 0.15) is 5.00 Å². The minimum absolute atomic E-state index is 0.196. The number of nitrogens with two attached hydrogens (primary N) is 1. The zero-order valence-corrected chi connectivity index (χ0v) is 18.2. The Balaban J connectivity index is 1.37. The Hall–Kier alpha value is -4.31. The summed E-state index contributed by atoms with van der Waals surface area (Å²) in [6.45, 7) is 1.44. The van der Waals surface area contributed by atoms with Gasteiger partial charge < -0.3 is 20.2 Å². The highest BCUT2D eigenvalue weighted by Crippen LogP contribution is 2.26. The average Bonchev–Trinajstić information content (AvgIpc) is 3.48. The average molecular weight is 462 g/mol. The molecule has 0 saturated carbocycles. The number of thiophene rings is 1. The van der Waals surface area contributed by atoms with Crippen molar-refractivity contribution in [2.24, 2.45) is 5.73 Å². The Labute approximate surface area is 192 Å². The van der Waals surface area contributed by atoms with E-state index >= 15 is 0 Å². The van der Waals surface area contributed by atoms with Crippen LogP contribution in [0.1, 0.15) is 26.3 Å². The standard InChI is InChI=1S/C23H18N4O5S/c1-13-4-2-3-5-16(13)21-27-26-20(32-21)14-6-8-15(9-7-14)23(30)31-12-18(28)25-22-17(19(24)29)10-11-33-22/h2-11H,12H2,1H3,(H2,24,29)(H,25,28). The Morgan fingerprint density at radius 2 is 1.76 bits per heavy atom. The molecule has 10 heteroatoms. The summed E-state index contributed by atoms with van der Waals surface area (Å²) in [5.74, 6) is -1.20. The molecule has 4 aromatic rings. The molecular formula is C23H18N4O5S. The third-order valence-electron chi connectivity index (χ3n) is 4.69. The summed E-state index contributed by atoms with van der Waals surface area (Å²) in [6.07, 6.45) is 0. The van der Waals surface area contributed by atoms with E-state index in [0.29, 0.717) is 22.3 Å². The maximum atomic E-state index is 12.3. The number of carbonyl (C=O) groups excluding carboxylic acids is 3. The molecule has 3 N–H and O–H groups in total. The number of ether oxygens (including phenoxy) is 1. The molecule has 2 aromatic carbocycles. The van der Waals surface area contributed by atoms with Crippen LogP contribution < -0.4 is 11.1 Å². The monoisotopic (exact) mass is 462 g/mol. The molecule has 2 aromatic heterocycles. The zero-order chi connectivity index (χ0) is 23.4. The number of aryl methyl sites for hydroxylation is 1. The van der Waals surface area contributed by atoms with Gasteiger partial charge in [-0.2, -0.15) is 0 Å². The van der Waals surface area contributed by atoms with Crippen molar-refractivity contribution in [2.75, 3.05) is 11.9 Å². The molecule has 33 heavy (non-hydrogen) atoms. The molecule has 0 unspecified atom stereocenters. The van der Waals surface area contributed by atoms with E-state index < -0.39 is 24.4 Å². The quantitative estimate of drug-likeness (QED) is 0.400. The number of benzene rings is 2. The second-order valence-corrected chi connectivity index (χ2v) is 7.87. The van der Waals surface area contributed by atoms with Crippen molar-refractivity contribution in [2.45, 2.75) is 6.92 Å². The summed E-state index contributed by atoms with van der Waals surface area (Å²) < 4.78 is 10.8. The molecule has 0 aliphatic carbocycles. The topological polar surface area (TPSA) is 137 Å². The summed E-state index contributed by atoms with van der Waals surface area (Å²) in [6, 6.07) is 15.6. The number of hydrogen-bond donors (Lipinski definition) is 2. The van der Waals surface area contributed by atoms with Gasteiger partial charge in [-0.1, -0.05) is 18.2 Å². The van der Waals surface area contributed by atoms with Crippen LogP contribution in [0.4, 0.5) is 5.00 Å². The molecule has 2 heterocycles. The summed E-state index contributed by atoms with van der Waals surface area (Å²) in [4.78, 5) is 35.6. The maximum absolute atomic E-state index is 12.3. The predicted molar refractivity (Wildman–Crippen MR) is 122 cm³/mol. The molecule has 0 bridgehead atoms. The maximum Gasteiger partial charge on any atom is 0.338 e. The Morgan fingerprint density at radius 3 is 2.48 bits per heavy atom. The van der Waals surface area contributed by atoms with Gasteiger partial charge in [-0.3, -0.25) is 9.59 Å². The van der Waals surface area contributed by atoms with Crippen LogP contribution in [0, 0.1) is 6.92 Å². The number of rotatable bonds is 7. The lowest BCUT2D eigenvalue weighted by atomic mass is 10.1. The molecule has 0 spiro atoms. The lowest BCUT2D eigenvalue weighted by Crippen LogP contribution is -2.22. The van der Waals surface area contributed by atoms with Crippen LogP contribution in [0.3, 0.4) is 0 Å². The fourth-order valence-corrected chi connectivity index (χ4v) is 3.80. The number of anilines is 1. The molecular weight excluding hydrogens is 444 g/mol. The van der Waals surface area contributed by atoms with Crippen molar-refractivity contribution in [1.82, 2.24) is 10.2 Å². The van der Waals surface area contributed by atoms with Gasteiger partial charge in [0.15, 0.2) is 6.61 Å². The van der Waals surface area contributed by atoms with Crippen LogP contribution in [0.15, 0.2) is 64.4 Å². The molecule has 0 aliphatic rings. The van der Waals surface area contributed by atoms with Crippen molar-refractivity contribution in [3.05, 3.63) is 76.7 Å². The normalized spacial score (nSPS) is 10.6. The fraction of sp³-hybridized carbons (Fsp3) is 0.0870. The molecule has 0 radical (unpaired) electrons. The van der Waals surface area contributed by atoms with E-state index in [4.69, 9.17) is 14.9 Å². The van der Waals surface area contributed by atoms with Gasteiger partial charge in [0.05, 0.1) is 11.1 Å². The minimum atomic E-state index is -0.677. The molecule has 2 amide bonds. The molecule has 4 rings (SSSR count). The molecule has 0 saturated heterocycles. The Kier molecular flexibility index (Phi) is 6.27. The van der Waals surface area contributed by atoms with Crippen molar-refractivity contribution < 1.29 is 23.5 Å². The van der Waals surface area contributed by atoms with Gasteiger partial charge >= 0.3 is 5.97 Å². The Bertz CT molecular complexity index is 1330. The molecule has 0 atom stereocenters. The highest BCUT2D eigenvalue weighted by molar-refractivity contribution is 7.14. The first-order valence-corrected chi connectivity index (χ1v) is 10.6. The van der Waals surface area contributed by atoms with Gasteiger partial charge in [-0.05, 0) is 54.3 Å². The van der Waals surface area contributed by atoms with E-state index in [0.717, 1.165) is 22.5 Å². The highest BCUT2D eigenvalue weighted by atomic mass is 32.1. The first kappa shape index (κ1) is 21.9. The van der Waals surface area contributed by atoms with E-state index in [1.807, 2.05) is 31.2 Å². The van der Waals surface area contributed by atoms with Gasteiger partial charge in [0.25, 0.3) is 11.8 Å². The number of esters is 1. The summed E-state index contributed by atoms with van der Waals surface area (Å²) in [5.41, 5.74) is 8.18. The van der Waals surface area contributed by atoms with Crippen LogP contribution in [0.25, 0.3) is 22.9 Å². The second kappa shape index (κ2) is 9.45. The minimum Gasteiger partial charge on any atom is -0.452 e. The number of nitrogens with zero attached hydrogens (tertiary/aromatic N) is 2. The molecule has 0 aliphatic heterocycles. The highest BCUT2D eigenvalue weighted by Gasteiger charge is 2.16.